The number of unbranched alkanes of at least 4 members (excludes halogenated alkanes) is 1. The average Bonchev–Trinajstić information content (AvgIpc) is 2.92. The lowest BCUT2D eigenvalue weighted by Gasteiger charge is -2.50. The van der Waals surface area contributed by atoms with Crippen molar-refractivity contribution < 1.29 is 57.3 Å². The number of amides is 1. The van der Waals surface area contributed by atoms with E-state index in [-0.39, 0.29) is 24.0 Å². The summed E-state index contributed by atoms with van der Waals surface area (Å²) in [6, 6.07) is 0.0810. The van der Waals surface area contributed by atoms with E-state index in [9.17, 15) is 44.9 Å². The fourth-order valence-electron chi connectivity index (χ4n) is 6.67. The first kappa shape index (κ1) is 36.4. The lowest BCUT2D eigenvalue weighted by Crippen LogP contribution is -2.65. The molecule has 4 rings (SSSR count). The summed E-state index contributed by atoms with van der Waals surface area (Å²) in [5.41, 5.74) is 1.22. The normalized spacial score (nSPS) is 24.1. The van der Waals surface area contributed by atoms with Crippen LogP contribution < -0.4 is 10.6 Å². The van der Waals surface area contributed by atoms with Crippen LogP contribution in [0.1, 0.15) is 50.7 Å². The molecule has 0 radical (unpaired) electrons. The number of benzene rings is 1. The summed E-state index contributed by atoms with van der Waals surface area (Å²) in [5, 5.41) is 57.1. The van der Waals surface area contributed by atoms with Crippen molar-refractivity contribution in [2.75, 3.05) is 32.1 Å². The molecule has 46 heavy (non-hydrogen) atoms. The molecule has 17 nitrogen and oxygen atoms in total. The third kappa shape index (κ3) is 6.43. The van der Waals surface area contributed by atoms with Crippen LogP contribution in [0.2, 0.25) is 0 Å². The second-order valence-electron chi connectivity index (χ2n) is 11.6. The van der Waals surface area contributed by atoms with Crippen LogP contribution in [0.3, 0.4) is 0 Å². The number of aliphatic hydroxyl groups is 3. The molecule has 0 aliphatic heterocycles. The van der Waals surface area contributed by atoms with E-state index < -0.39 is 84.8 Å². The second kappa shape index (κ2) is 13.3. The Bertz CT molecular complexity index is 1630. The highest BCUT2D eigenvalue weighted by Gasteiger charge is 2.64. The number of nitrogens with two attached hydrogens (primary N) is 1. The quantitative estimate of drug-likeness (QED) is 0.0842. The Balaban J connectivity index is 0.00000107. The van der Waals surface area contributed by atoms with Crippen molar-refractivity contribution in [3.8, 4) is 5.75 Å². The van der Waals surface area contributed by atoms with Crippen molar-refractivity contribution in [3.05, 3.63) is 44.2 Å². The van der Waals surface area contributed by atoms with Crippen molar-refractivity contribution in [1.29, 1.82) is 0 Å². The van der Waals surface area contributed by atoms with Gasteiger partial charge in [-0.3, -0.25) is 38.5 Å². The Morgan fingerprint density at radius 1 is 1.13 bits per heavy atom. The maximum atomic E-state index is 14.0. The number of hydrogen-bond acceptors (Lipinski definition) is 13. The summed E-state index contributed by atoms with van der Waals surface area (Å²) in [5.74, 6) is -8.07. The van der Waals surface area contributed by atoms with Crippen LogP contribution in [0, 0.1) is 22.0 Å². The zero-order valence-electron chi connectivity index (χ0n) is 25.6. The molecular weight excluding hydrogens is 632 g/mol. The third-order valence-electron chi connectivity index (χ3n) is 8.49. The number of ketones is 2. The van der Waals surface area contributed by atoms with Crippen molar-refractivity contribution in [3.63, 3.8) is 0 Å². The van der Waals surface area contributed by atoms with Gasteiger partial charge >= 0.3 is 16.1 Å². The van der Waals surface area contributed by atoms with Crippen LogP contribution in [0.25, 0.3) is 5.76 Å². The number of phenolic OH excluding ortho intramolecular Hbond substituents is 1. The van der Waals surface area contributed by atoms with Gasteiger partial charge in [-0.15, -0.1) is 0 Å². The van der Waals surface area contributed by atoms with Gasteiger partial charge in [0.25, 0.3) is 5.91 Å². The fraction of sp³-hybridized carbons (Fsp3) is 0.536. The largest absolute Gasteiger partial charge is 0.508 e. The number of nitrogens with zero attached hydrogens (tertiary/aromatic N) is 3. The van der Waals surface area contributed by atoms with E-state index in [0.717, 1.165) is 19.3 Å². The van der Waals surface area contributed by atoms with Crippen LogP contribution in [-0.2, 0) is 31.2 Å². The van der Waals surface area contributed by atoms with Crippen LogP contribution in [0.5, 0.6) is 5.75 Å². The van der Waals surface area contributed by atoms with Gasteiger partial charge < -0.3 is 31.1 Å². The molecule has 1 fully saturated rings. The maximum absolute atomic E-state index is 14.0. The molecule has 254 valence electrons. The number of carbonyl (C=O) groups is 3. The van der Waals surface area contributed by atoms with Gasteiger partial charge in [0.2, 0.25) is 11.5 Å². The Labute approximate surface area is 264 Å². The highest BCUT2D eigenvalue weighted by atomic mass is 32.3. The van der Waals surface area contributed by atoms with E-state index >= 15 is 0 Å². The Kier molecular flexibility index (Phi) is 10.5. The van der Waals surface area contributed by atoms with Gasteiger partial charge in [0.05, 0.1) is 16.5 Å². The number of aliphatic hydroxyl groups excluding tert-OH is 2. The lowest BCUT2D eigenvalue weighted by molar-refractivity contribution is -0.385. The maximum Gasteiger partial charge on any atom is 0.394 e. The number of fused-ring (bicyclic) bond motifs is 3. The standard InChI is InChI=1S/C28H36N4O9.H2O4S/c1-5-7-9-31(8-6-2)16-12-17(32(40)41)22(33)19-14(16)10-13-11-15-21(30(3)4)24(35)20(27(29)38)26(37)28(15,39)25(36)18(13)23(19)34;1-5(2,3)4/h12-13,15,21,33-34,37,39H,5-11H2,1-4H3,(H2,29,38);(H2,1,2,3,4)/t13?,15?,21-,28-;/m0./s1. The molecule has 4 atom stereocenters. The van der Waals surface area contributed by atoms with Crippen molar-refractivity contribution >= 4 is 45.0 Å². The van der Waals surface area contributed by atoms with Crippen molar-refractivity contribution in [2.24, 2.45) is 17.6 Å². The molecule has 1 aromatic carbocycles. The van der Waals surface area contributed by atoms with Gasteiger partial charge in [-0.1, -0.05) is 20.3 Å². The highest BCUT2D eigenvalue weighted by molar-refractivity contribution is 7.79. The molecule has 0 aromatic heterocycles. The number of likely N-dealkylation sites (N-methyl/N-ethyl adjacent to an activating group) is 1. The number of nitro groups is 1. The first-order valence-corrected chi connectivity index (χ1v) is 15.8. The first-order valence-electron chi connectivity index (χ1n) is 14.4. The first-order chi connectivity index (χ1) is 21.2. The number of hydrogen-bond donors (Lipinski definition) is 7. The third-order valence-corrected chi connectivity index (χ3v) is 8.49. The molecular formula is C28H38N4O13S. The minimum absolute atomic E-state index is 0.0573. The van der Waals surface area contributed by atoms with Gasteiger partial charge in [-0.25, -0.2) is 0 Å². The summed E-state index contributed by atoms with van der Waals surface area (Å²) in [7, 11) is -1.61. The molecule has 1 amide bonds. The Morgan fingerprint density at radius 2 is 1.72 bits per heavy atom. The van der Waals surface area contributed by atoms with Crippen LogP contribution in [0.15, 0.2) is 23.0 Å². The summed E-state index contributed by atoms with van der Waals surface area (Å²) in [4.78, 5) is 53.9. The lowest BCUT2D eigenvalue weighted by atomic mass is 9.57. The number of aromatic hydroxyl groups is 1. The monoisotopic (exact) mass is 670 g/mol. The van der Waals surface area contributed by atoms with E-state index in [4.69, 9.17) is 23.3 Å². The Morgan fingerprint density at radius 3 is 2.20 bits per heavy atom. The van der Waals surface area contributed by atoms with E-state index in [0.29, 0.717) is 24.3 Å². The van der Waals surface area contributed by atoms with Gasteiger partial charge in [0.1, 0.15) is 17.1 Å². The van der Waals surface area contributed by atoms with E-state index in [2.05, 4.69) is 0 Å². The minimum Gasteiger partial charge on any atom is -0.508 e. The summed E-state index contributed by atoms with van der Waals surface area (Å²) < 4.78 is 31.6. The van der Waals surface area contributed by atoms with Crippen molar-refractivity contribution in [2.45, 2.75) is 57.6 Å². The number of nitro benzene ring substituents is 1. The molecule has 3 aliphatic carbocycles. The zero-order chi connectivity index (χ0) is 35.0. The molecule has 2 unspecified atom stereocenters. The predicted molar refractivity (Wildman–Crippen MR) is 162 cm³/mol. The predicted octanol–water partition coefficient (Wildman–Crippen LogP) is 1.24. The number of anilines is 1. The van der Waals surface area contributed by atoms with Gasteiger partial charge in [0.15, 0.2) is 11.4 Å². The molecule has 1 aromatic rings. The number of carbonyl (C=O) groups excluding carboxylic acids is 3. The number of phenols is 1. The summed E-state index contributed by atoms with van der Waals surface area (Å²) >= 11 is 0. The minimum atomic E-state index is -4.67. The molecule has 1 saturated carbocycles. The fourth-order valence-corrected chi connectivity index (χ4v) is 6.67. The number of Topliss-reactive ketones (excluding diaryl/α,β-unsaturated/α-hetero) is 2. The molecule has 0 heterocycles. The molecule has 8 N–H and O–H groups in total. The summed E-state index contributed by atoms with van der Waals surface area (Å²) in [6.45, 7) is 5.07. The van der Waals surface area contributed by atoms with Gasteiger partial charge in [-0.2, -0.15) is 8.42 Å². The van der Waals surface area contributed by atoms with Crippen molar-refractivity contribution in [1.82, 2.24) is 4.90 Å². The van der Waals surface area contributed by atoms with E-state index in [1.807, 2.05) is 18.7 Å². The SMILES string of the molecule is CCCCN(CCC)c1cc([N+](=O)[O-])c(O)c2c1CC1CC3[C@H](N(C)C)C(=O)C(C(N)=O)=C(O)[C@@]3(O)C(=O)C1=C2O.O=S(=O)(O)O. The number of rotatable bonds is 9. The second-order valence-corrected chi connectivity index (χ2v) is 12.5. The molecule has 0 saturated heterocycles. The summed E-state index contributed by atoms with van der Waals surface area (Å²) in [6.07, 6.45) is 2.36. The molecule has 18 heteroatoms. The number of primary amides is 1. The smallest absolute Gasteiger partial charge is 0.394 e. The molecule has 3 aliphatic rings. The zero-order valence-corrected chi connectivity index (χ0v) is 26.4. The highest BCUT2D eigenvalue weighted by Crippen LogP contribution is 2.55. The van der Waals surface area contributed by atoms with E-state index in [1.54, 1.807) is 0 Å². The van der Waals surface area contributed by atoms with Crippen LogP contribution in [0.4, 0.5) is 11.4 Å². The van der Waals surface area contributed by atoms with Crippen LogP contribution >= 0.6 is 0 Å². The molecule has 0 bridgehead atoms. The topological polar surface area (TPSA) is 282 Å². The molecule has 0 spiro atoms. The van der Waals surface area contributed by atoms with Crippen LogP contribution in [-0.4, -0.2) is 104 Å². The average molecular weight is 671 g/mol. The Hall–Kier alpha value is -4.10. The van der Waals surface area contributed by atoms with Gasteiger partial charge in [0, 0.05) is 36.3 Å². The van der Waals surface area contributed by atoms with Gasteiger partial charge in [-0.05, 0) is 51.3 Å². The van der Waals surface area contributed by atoms with E-state index in [1.165, 1.54) is 25.1 Å².